The summed E-state index contributed by atoms with van der Waals surface area (Å²) in [5.74, 6) is 0.579. The zero-order valence-corrected chi connectivity index (χ0v) is 22.3. The molecule has 1 N–H and O–H groups in total. The lowest BCUT2D eigenvalue weighted by Gasteiger charge is -2.33. The van der Waals surface area contributed by atoms with E-state index in [0.29, 0.717) is 35.4 Å². The van der Waals surface area contributed by atoms with Gasteiger partial charge < -0.3 is 14.8 Å². The van der Waals surface area contributed by atoms with E-state index < -0.39 is 0 Å². The highest BCUT2D eigenvalue weighted by Gasteiger charge is 2.34. The van der Waals surface area contributed by atoms with Crippen molar-refractivity contribution in [2.45, 2.75) is 53.9 Å². The molecular weight excluding hydrogens is 502 g/mol. The number of carbonyl (C=O) groups is 2. The minimum Gasteiger partial charge on any atom is -0.493 e. The Balaban J connectivity index is 1.86. The zero-order chi connectivity index (χ0) is 24.2. The lowest BCUT2D eigenvalue weighted by molar-refractivity contribution is -0.111. The SMILES string of the molecule is CCOC(=O)c1c(NC(=O)C=Cc2cc(Br)ccc2OCC)sc2c1CCC(C(C)(C)C)C2. The molecular formula is C26H32BrNO4S. The van der Waals surface area contributed by atoms with Gasteiger partial charge in [-0.25, -0.2) is 4.79 Å². The van der Waals surface area contributed by atoms with Gasteiger partial charge >= 0.3 is 5.97 Å². The standard InChI is InChI=1S/C26H32BrNO4S/c1-6-31-20-12-10-18(27)14-16(20)8-13-22(29)28-24-23(25(30)32-7-2)19-11-9-17(26(3,4)5)15-21(19)33-24/h8,10,12-14,17H,6-7,9,11,15H2,1-5H3,(H,28,29). The highest BCUT2D eigenvalue weighted by Crippen LogP contribution is 2.44. The van der Waals surface area contributed by atoms with E-state index in [0.717, 1.165) is 34.9 Å². The summed E-state index contributed by atoms with van der Waals surface area (Å²) < 4.78 is 11.9. The summed E-state index contributed by atoms with van der Waals surface area (Å²) in [7, 11) is 0. The number of amides is 1. The normalized spacial score (nSPS) is 15.9. The second-order valence-corrected chi connectivity index (χ2v) is 11.2. The van der Waals surface area contributed by atoms with Gasteiger partial charge in [-0.15, -0.1) is 11.3 Å². The van der Waals surface area contributed by atoms with E-state index in [-0.39, 0.29) is 17.3 Å². The summed E-state index contributed by atoms with van der Waals surface area (Å²) in [5, 5.41) is 3.51. The summed E-state index contributed by atoms with van der Waals surface area (Å²) in [6, 6.07) is 5.66. The number of anilines is 1. The van der Waals surface area contributed by atoms with Gasteiger partial charge in [-0.1, -0.05) is 36.7 Å². The minimum atomic E-state index is -0.367. The van der Waals surface area contributed by atoms with Crippen molar-refractivity contribution in [1.82, 2.24) is 0 Å². The Morgan fingerprint density at radius 1 is 1.24 bits per heavy atom. The van der Waals surface area contributed by atoms with Crippen molar-refractivity contribution in [3.8, 4) is 5.75 Å². The van der Waals surface area contributed by atoms with Crippen molar-refractivity contribution in [3.63, 3.8) is 0 Å². The molecule has 0 saturated heterocycles. The van der Waals surface area contributed by atoms with Crippen molar-refractivity contribution in [2.24, 2.45) is 11.3 Å². The quantitative estimate of drug-likeness (QED) is 0.310. The first-order valence-electron chi connectivity index (χ1n) is 11.4. The van der Waals surface area contributed by atoms with E-state index in [4.69, 9.17) is 9.47 Å². The average molecular weight is 535 g/mol. The minimum absolute atomic E-state index is 0.195. The maximum atomic E-state index is 12.8. The maximum Gasteiger partial charge on any atom is 0.341 e. The second-order valence-electron chi connectivity index (χ2n) is 9.17. The Labute approximate surface area is 208 Å². The molecule has 0 aliphatic heterocycles. The highest BCUT2D eigenvalue weighted by molar-refractivity contribution is 9.10. The predicted molar refractivity (Wildman–Crippen MR) is 138 cm³/mol. The number of fused-ring (bicyclic) bond motifs is 1. The molecule has 0 radical (unpaired) electrons. The molecule has 1 aliphatic rings. The lowest BCUT2D eigenvalue weighted by Crippen LogP contribution is -2.26. The van der Waals surface area contributed by atoms with Crippen LogP contribution in [0.2, 0.25) is 0 Å². The number of benzene rings is 1. The van der Waals surface area contributed by atoms with Crippen LogP contribution in [0.4, 0.5) is 5.00 Å². The molecule has 1 aromatic carbocycles. The van der Waals surface area contributed by atoms with Crippen LogP contribution < -0.4 is 10.1 Å². The summed E-state index contributed by atoms with van der Waals surface area (Å²) in [6.45, 7) is 11.3. The summed E-state index contributed by atoms with van der Waals surface area (Å²) in [6.07, 6.45) is 5.95. The fourth-order valence-electron chi connectivity index (χ4n) is 4.09. The molecule has 0 spiro atoms. The molecule has 1 atom stereocenters. The third-order valence-electron chi connectivity index (χ3n) is 5.89. The molecule has 0 saturated carbocycles. The van der Waals surface area contributed by atoms with E-state index in [2.05, 4.69) is 42.0 Å². The Hall–Kier alpha value is -2.12. The zero-order valence-electron chi connectivity index (χ0n) is 19.9. The summed E-state index contributed by atoms with van der Waals surface area (Å²) in [5.41, 5.74) is 2.54. The van der Waals surface area contributed by atoms with Gasteiger partial charge in [0, 0.05) is 21.0 Å². The number of esters is 1. The van der Waals surface area contributed by atoms with Gasteiger partial charge in [-0.3, -0.25) is 4.79 Å². The Kier molecular flexibility index (Phi) is 8.40. The number of hydrogen-bond acceptors (Lipinski definition) is 5. The Morgan fingerprint density at radius 3 is 2.67 bits per heavy atom. The molecule has 178 valence electrons. The van der Waals surface area contributed by atoms with E-state index in [9.17, 15) is 9.59 Å². The first kappa shape index (κ1) is 25.5. The van der Waals surface area contributed by atoms with E-state index >= 15 is 0 Å². The van der Waals surface area contributed by atoms with Crippen LogP contribution in [0.25, 0.3) is 6.08 Å². The smallest absolute Gasteiger partial charge is 0.341 e. The Bertz CT molecular complexity index is 1050. The third kappa shape index (κ3) is 6.27. The molecule has 2 aromatic rings. The molecule has 33 heavy (non-hydrogen) atoms. The fourth-order valence-corrected chi connectivity index (χ4v) is 5.79. The first-order valence-corrected chi connectivity index (χ1v) is 13.0. The van der Waals surface area contributed by atoms with Crippen LogP contribution in [0.1, 0.15) is 67.4 Å². The van der Waals surface area contributed by atoms with E-state index in [1.807, 2.05) is 25.1 Å². The van der Waals surface area contributed by atoms with Gasteiger partial charge in [0.1, 0.15) is 10.8 Å². The number of halogens is 1. The third-order valence-corrected chi connectivity index (χ3v) is 7.56. The van der Waals surface area contributed by atoms with Gasteiger partial charge in [0.25, 0.3) is 0 Å². The summed E-state index contributed by atoms with van der Waals surface area (Å²) in [4.78, 5) is 26.8. The van der Waals surface area contributed by atoms with Crippen molar-refractivity contribution < 1.29 is 19.1 Å². The van der Waals surface area contributed by atoms with Crippen LogP contribution >= 0.6 is 27.3 Å². The second kappa shape index (κ2) is 10.9. The molecule has 7 heteroatoms. The number of hydrogen-bond donors (Lipinski definition) is 1. The molecule has 3 rings (SSSR count). The van der Waals surface area contributed by atoms with E-state index in [1.54, 1.807) is 13.0 Å². The number of thiophene rings is 1. The monoisotopic (exact) mass is 533 g/mol. The van der Waals surface area contributed by atoms with Crippen molar-refractivity contribution in [2.75, 3.05) is 18.5 Å². The summed E-state index contributed by atoms with van der Waals surface area (Å²) >= 11 is 4.96. The first-order chi connectivity index (χ1) is 15.6. The predicted octanol–water partition coefficient (Wildman–Crippen LogP) is 6.89. The molecule has 0 fully saturated rings. The highest BCUT2D eigenvalue weighted by atomic mass is 79.9. The molecule has 1 unspecified atom stereocenters. The molecule has 1 aliphatic carbocycles. The van der Waals surface area contributed by atoms with Crippen molar-refractivity contribution in [3.05, 3.63) is 50.3 Å². The molecule has 1 amide bonds. The van der Waals surface area contributed by atoms with Crippen LogP contribution in [0.15, 0.2) is 28.7 Å². The van der Waals surface area contributed by atoms with Crippen LogP contribution in [-0.2, 0) is 22.4 Å². The van der Waals surface area contributed by atoms with Gasteiger partial charge in [0.15, 0.2) is 0 Å². The molecule has 5 nitrogen and oxygen atoms in total. The number of carbonyl (C=O) groups excluding carboxylic acids is 2. The van der Waals surface area contributed by atoms with Crippen LogP contribution in [0.3, 0.4) is 0 Å². The van der Waals surface area contributed by atoms with Gasteiger partial charge in [0.05, 0.1) is 18.8 Å². The van der Waals surface area contributed by atoms with Gasteiger partial charge in [-0.05, 0) is 74.3 Å². The number of nitrogens with one attached hydrogen (secondary N) is 1. The number of ether oxygens (including phenoxy) is 2. The molecule has 1 aromatic heterocycles. The Morgan fingerprint density at radius 2 is 2.00 bits per heavy atom. The topological polar surface area (TPSA) is 64.6 Å². The number of rotatable bonds is 7. The molecule has 0 bridgehead atoms. The fraction of sp³-hybridized carbons (Fsp3) is 0.462. The van der Waals surface area contributed by atoms with Crippen LogP contribution in [0, 0.1) is 11.3 Å². The van der Waals surface area contributed by atoms with Crippen molar-refractivity contribution >= 4 is 50.2 Å². The molecule has 1 heterocycles. The van der Waals surface area contributed by atoms with E-state index in [1.165, 1.54) is 22.3 Å². The largest absolute Gasteiger partial charge is 0.493 e. The maximum absolute atomic E-state index is 12.8. The lowest BCUT2D eigenvalue weighted by atomic mass is 9.72. The van der Waals surface area contributed by atoms with Crippen LogP contribution in [0.5, 0.6) is 5.75 Å². The van der Waals surface area contributed by atoms with Crippen LogP contribution in [-0.4, -0.2) is 25.1 Å². The van der Waals surface area contributed by atoms with Gasteiger partial charge in [-0.2, -0.15) is 0 Å². The average Bonchev–Trinajstić information content (AvgIpc) is 3.10. The van der Waals surface area contributed by atoms with Crippen molar-refractivity contribution in [1.29, 1.82) is 0 Å². The van der Waals surface area contributed by atoms with Gasteiger partial charge in [0.2, 0.25) is 5.91 Å².